The van der Waals surface area contributed by atoms with Gasteiger partial charge in [0.25, 0.3) is 5.56 Å². The third-order valence-electron chi connectivity index (χ3n) is 2.48. The first-order chi connectivity index (χ1) is 8.49. The van der Waals surface area contributed by atoms with Crippen LogP contribution in [-0.4, -0.2) is 20.6 Å². The number of nitrogens with one attached hydrogen (secondary N) is 1. The van der Waals surface area contributed by atoms with Gasteiger partial charge in [-0.2, -0.15) is 0 Å². The molecule has 2 N–H and O–H groups in total. The molecule has 2 aromatic rings. The van der Waals surface area contributed by atoms with Gasteiger partial charge in [-0.25, -0.2) is 9.59 Å². The highest BCUT2D eigenvalue weighted by molar-refractivity contribution is 5.88. The maximum absolute atomic E-state index is 11.5. The van der Waals surface area contributed by atoms with Crippen LogP contribution in [0.3, 0.4) is 0 Å². The van der Waals surface area contributed by atoms with Crippen LogP contribution in [0, 0.1) is 6.92 Å². The van der Waals surface area contributed by atoms with Crippen LogP contribution in [0.15, 0.2) is 32.5 Å². The highest BCUT2D eigenvalue weighted by Gasteiger charge is 2.14. The summed E-state index contributed by atoms with van der Waals surface area (Å²) < 4.78 is 6.20. The second kappa shape index (κ2) is 4.36. The van der Waals surface area contributed by atoms with E-state index in [9.17, 15) is 14.4 Å². The molecule has 0 bridgehead atoms. The van der Waals surface area contributed by atoms with Crippen molar-refractivity contribution in [2.24, 2.45) is 0 Å². The lowest BCUT2D eigenvalue weighted by Gasteiger charge is -2.04. The molecule has 7 heteroatoms. The molecule has 7 nitrogen and oxygen atoms in total. The Morgan fingerprint density at radius 1 is 1.50 bits per heavy atom. The number of carboxylic acid groups (broad SMARTS) is 1. The molecule has 0 aliphatic carbocycles. The number of nitrogens with zero attached hydrogens (tertiary/aromatic N) is 1. The van der Waals surface area contributed by atoms with E-state index in [-0.39, 0.29) is 17.9 Å². The second-order valence-electron chi connectivity index (χ2n) is 3.76. The predicted molar refractivity (Wildman–Crippen MR) is 60.8 cm³/mol. The molecule has 0 aliphatic heterocycles. The Hall–Kier alpha value is -2.57. The van der Waals surface area contributed by atoms with Gasteiger partial charge in [0.1, 0.15) is 11.3 Å². The Kier molecular flexibility index (Phi) is 2.88. The van der Waals surface area contributed by atoms with Gasteiger partial charge < -0.3 is 9.52 Å². The highest BCUT2D eigenvalue weighted by Crippen LogP contribution is 2.11. The molecule has 18 heavy (non-hydrogen) atoms. The zero-order valence-electron chi connectivity index (χ0n) is 9.47. The number of rotatable bonds is 3. The first kappa shape index (κ1) is 11.9. The Morgan fingerprint density at radius 2 is 2.22 bits per heavy atom. The minimum Gasteiger partial charge on any atom is -0.478 e. The van der Waals surface area contributed by atoms with Gasteiger partial charge in [0.15, 0.2) is 0 Å². The molecule has 0 spiro atoms. The first-order valence-corrected chi connectivity index (χ1v) is 5.09. The van der Waals surface area contributed by atoms with Gasteiger partial charge in [0, 0.05) is 11.8 Å². The summed E-state index contributed by atoms with van der Waals surface area (Å²) >= 11 is 0. The Balaban J connectivity index is 2.43. The zero-order chi connectivity index (χ0) is 13.3. The van der Waals surface area contributed by atoms with Crippen molar-refractivity contribution >= 4 is 5.97 Å². The Morgan fingerprint density at radius 3 is 2.89 bits per heavy atom. The van der Waals surface area contributed by atoms with E-state index < -0.39 is 17.2 Å². The monoisotopic (exact) mass is 250 g/mol. The molecule has 0 fully saturated rings. The van der Waals surface area contributed by atoms with Gasteiger partial charge in [-0.05, 0) is 13.0 Å². The molecule has 2 rings (SSSR count). The number of aromatic nitrogens is 2. The zero-order valence-corrected chi connectivity index (χ0v) is 9.47. The van der Waals surface area contributed by atoms with Crippen molar-refractivity contribution in [3.05, 3.63) is 56.3 Å². The summed E-state index contributed by atoms with van der Waals surface area (Å²) in [5.41, 5.74) is -0.726. The Labute approximate surface area is 100 Å². The van der Waals surface area contributed by atoms with Crippen LogP contribution in [0.1, 0.15) is 21.7 Å². The third kappa shape index (κ3) is 2.10. The predicted octanol–water partition coefficient (Wildman–Crippen LogP) is 0.185. The largest absolute Gasteiger partial charge is 0.478 e. The van der Waals surface area contributed by atoms with E-state index in [0.717, 1.165) is 0 Å². The number of aromatic amines is 1. The van der Waals surface area contributed by atoms with E-state index in [1.54, 1.807) is 6.92 Å². The molecule has 0 aliphatic rings. The van der Waals surface area contributed by atoms with Gasteiger partial charge in [-0.3, -0.25) is 14.3 Å². The maximum Gasteiger partial charge on any atom is 0.339 e. The maximum atomic E-state index is 11.5. The number of hydrogen-bond acceptors (Lipinski definition) is 4. The van der Waals surface area contributed by atoms with E-state index in [1.807, 2.05) is 0 Å². The van der Waals surface area contributed by atoms with E-state index in [4.69, 9.17) is 9.52 Å². The fourth-order valence-electron chi connectivity index (χ4n) is 1.54. The van der Waals surface area contributed by atoms with Crippen LogP contribution in [-0.2, 0) is 6.54 Å². The highest BCUT2D eigenvalue weighted by atomic mass is 16.4. The number of hydrogen-bond donors (Lipinski definition) is 2. The number of H-pyrrole nitrogens is 1. The van der Waals surface area contributed by atoms with Gasteiger partial charge in [-0.15, -0.1) is 0 Å². The summed E-state index contributed by atoms with van der Waals surface area (Å²) in [6.07, 6.45) is 2.59. The van der Waals surface area contributed by atoms with Crippen molar-refractivity contribution in [1.29, 1.82) is 0 Å². The van der Waals surface area contributed by atoms with Crippen LogP contribution in [0.2, 0.25) is 0 Å². The minimum absolute atomic E-state index is 0.00856. The van der Waals surface area contributed by atoms with E-state index in [0.29, 0.717) is 5.56 Å². The summed E-state index contributed by atoms with van der Waals surface area (Å²) in [4.78, 5) is 35.7. The molecule has 0 amide bonds. The van der Waals surface area contributed by atoms with Crippen LogP contribution < -0.4 is 11.2 Å². The fraction of sp³-hybridized carbons (Fsp3) is 0.182. The molecule has 94 valence electrons. The van der Waals surface area contributed by atoms with Crippen molar-refractivity contribution in [2.45, 2.75) is 13.5 Å². The smallest absolute Gasteiger partial charge is 0.339 e. The van der Waals surface area contributed by atoms with Gasteiger partial charge in [0.2, 0.25) is 0 Å². The first-order valence-electron chi connectivity index (χ1n) is 5.09. The quantitative estimate of drug-likeness (QED) is 0.808. The molecule has 2 aromatic heterocycles. The third-order valence-corrected chi connectivity index (χ3v) is 2.48. The summed E-state index contributed by atoms with van der Waals surface area (Å²) in [5, 5.41) is 8.90. The topological polar surface area (TPSA) is 105 Å². The fourth-order valence-corrected chi connectivity index (χ4v) is 1.54. The molecular weight excluding hydrogens is 240 g/mol. The summed E-state index contributed by atoms with van der Waals surface area (Å²) in [5.74, 6) is -0.982. The normalized spacial score (nSPS) is 10.5. The number of aryl methyl sites for hydroxylation is 1. The molecule has 2 heterocycles. The average molecular weight is 250 g/mol. The molecule has 0 saturated carbocycles. The van der Waals surface area contributed by atoms with E-state index >= 15 is 0 Å². The van der Waals surface area contributed by atoms with Crippen LogP contribution in [0.25, 0.3) is 0 Å². The molecule has 0 aromatic carbocycles. The number of carbonyl (C=O) groups is 1. The van der Waals surface area contributed by atoms with Crippen molar-refractivity contribution in [3.63, 3.8) is 0 Å². The van der Waals surface area contributed by atoms with Gasteiger partial charge in [-0.1, -0.05) is 0 Å². The van der Waals surface area contributed by atoms with Gasteiger partial charge >= 0.3 is 11.7 Å². The Bertz CT molecular complexity index is 707. The van der Waals surface area contributed by atoms with Crippen molar-refractivity contribution in [3.8, 4) is 0 Å². The number of aromatic carboxylic acids is 1. The molecule has 0 atom stereocenters. The summed E-state index contributed by atoms with van der Waals surface area (Å²) in [6, 6.07) is 1.31. The lowest BCUT2D eigenvalue weighted by atomic mass is 10.2. The lowest BCUT2D eigenvalue weighted by Crippen LogP contribution is -2.31. The van der Waals surface area contributed by atoms with Gasteiger partial charge in [0.05, 0.1) is 12.8 Å². The number of furan rings is 1. The van der Waals surface area contributed by atoms with Crippen LogP contribution in [0.5, 0.6) is 0 Å². The van der Waals surface area contributed by atoms with Crippen LogP contribution >= 0.6 is 0 Å². The second-order valence-corrected chi connectivity index (χ2v) is 3.76. The molecule has 0 radical (unpaired) electrons. The molecule has 0 unspecified atom stereocenters. The standard InChI is InChI=1S/C11H10N2O5/c1-6-4-13(11(17)12-9(6)14)5-8-7(10(15)16)2-3-18-8/h2-4H,5H2,1H3,(H,15,16)(H,12,14,17). The average Bonchev–Trinajstić information content (AvgIpc) is 2.74. The van der Waals surface area contributed by atoms with Crippen LogP contribution in [0.4, 0.5) is 0 Å². The summed E-state index contributed by atoms with van der Waals surface area (Å²) in [6.45, 7) is 1.50. The SMILES string of the molecule is Cc1cn(Cc2occc2C(=O)O)c(=O)[nH]c1=O. The molecular formula is C11H10N2O5. The summed E-state index contributed by atoms with van der Waals surface area (Å²) in [7, 11) is 0. The lowest BCUT2D eigenvalue weighted by molar-refractivity contribution is 0.0694. The minimum atomic E-state index is -1.13. The molecule has 0 saturated heterocycles. The van der Waals surface area contributed by atoms with Crippen molar-refractivity contribution in [2.75, 3.05) is 0 Å². The van der Waals surface area contributed by atoms with Crippen molar-refractivity contribution < 1.29 is 14.3 Å². The number of carboxylic acids is 1. The van der Waals surface area contributed by atoms with E-state index in [2.05, 4.69) is 4.98 Å². The van der Waals surface area contributed by atoms with E-state index in [1.165, 1.54) is 23.1 Å². The van der Waals surface area contributed by atoms with Crippen molar-refractivity contribution in [1.82, 2.24) is 9.55 Å².